The van der Waals surface area contributed by atoms with Crippen LogP contribution in [0.1, 0.15) is 32.3 Å². The van der Waals surface area contributed by atoms with Crippen LogP contribution in [0.2, 0.25) is 0 Å². The molecule has 1 unspecified atom stereocenters. The summed E-state index contributed by atoms with van der Waals surface area (Å²) in [7, 11) is 1.60. The van der Waals surface area contributed by atoms with E-state index in [1.807, 2.05) is 32.0 Å². The molecule has 0 aliphatic carbocycles. The van der Waals surface area contributed by atoms with Crippen LogP contribution in [-0.2, 0) is 9.53 Å². The molecule has 5 nitrogen and oxygen atoms in total. The summed E-state index contributed by atoms with van der Waals surface area (Å²) >= 11 is 0. The lowest BCUT2D eigenvalue weighted by molar-refractivity contribution is -0.116. The summed E-state index contributed by atoms with van der Waals surface area (Å²) in [6.07, 6.45) is 5.59. The maximum absolute atomic E-state index is 11.8. The zero-order valence-corrected chi connectivity index (χ0v) is 14.0. The number of amides is 1. The number of carbonyl (C=O) groups excluding carboxylic acids is 1. The quantitative estimate of drug-likeness (QED) is 0.785. The van der Waals surface area contributed by atoms with Crippen molar-refractivity contribution in [1.82, 2.24) is 5.32 Å². The normalized spacial score (nSPS) is 17.7. The number of methoxy groups -OCH3 is 1. The smallest absolute Gasteiger partial charge is 0.244 e. The number of rotatable bonds is 7. The van der Waals surface area contributed by atoms with Crippen molar-refractivity contribution < 1.29 is 19.0 Å². The number of nitrogens with one attached hydrogen (secondary N) is 1. The van der Waals surface area contributed by atoms with Crippen LogP contribution in [0.5, 0.6) is 11.5 Å². The standard InChI is InChI=1S/C18H25NO4/c1-13(2)23-16-8-6-14(11-17(16)21-3)7-9-18(20)19-12-15-5-4-10-22-15/h6-9,11,13,15H,4-5,10,12H2,1-3H3,(H,19,20)/b9-7+. The molecule has 1 aromatic carbocycles. The van der Waals surface area contributed by atoms with Crippen molar-refractivity contribution in [3.63, 3.8) is 0 Å². The van der Waals surface area contributed by atoms with Gasteiger partial charge in [-0.3, -0.25) is 4.79 Å². The van der Waals surface area contributed by atoms with Gasteiger partial charge in [0.25, 0.3) is 0 Å². The second kappa shape index (κ2) is 8.58. The molecular formula is C18H25NO4. The molecule has 2 rings (SSSR count). The number of benzene rings is 1. The molecule has 23 heavy (non-hydrogen) atoms. The van der Waals surface area contributed by atoms with Crippen molar-refractivity contribution in [2.24, 2.45) is 0 Å². The maximum Gasteiger partial charge on any atom is 0.244 e. The Hall–Kier alpha value is -2.01. The van der Waals surface area contributed by atoms with E-state index in [2.05, 4.69) is 5.32 Å². The van der Waals surface area contributed by atoms with Gasteiger partial charge in [-0.25, -0.2) is 0 Å². The molecule has 1 aliphatic rings. The van der Waals surface area contributed by atoms with Gasteiger partial charge in [-0.15, -0.1) is 0 Å². The van der Waals surface area contributed by atoms with E-state index in [1.54, 1.807) is 13.2 Å². The van der Waals surface area contributed by atoms with Crippen LogP contribution in [0, 0.1) is 0 Å². The lowest BCUT2D eigenvalue weighted by Crippen LogP contribution is -2.30. The zero-order valence-electron chi connectivity index (χ0n) is 14.0. The average Bonchev–Trinajstić information content (AvgIpc) is 3.04. The molecule has 126 valence electrons. The number of carbonyl (C=O) groups is 1. The monoisotopic (exact) mass is 319 g/mol. The predicted octanol–water partition coefficient (Wildman–Crippen LogP) is 2.79. The third-order valence-corrected chi connectivity index (χ3v) is 3.51. The van der Waals surface area contributed by atoms with Crippen molar-refractivity contribution in [2.75, 3.05) is 20.3 Å². The summed E-state index contributed by atoms with van der Waals surface area (Å²) in [4.78, 5) is 11.8. The lowest BCUT2D eigenvalue weighted by atomic mass is 10.2. The first-order valence-corrected chi connectivity index (χ1v) is 8.00. The number of hydrogen-bond donors (Lipinski definition) is 1. The number of hydrogen-bond acceptors (Lipinski definition) is 4. The van der Waals surface area contributed by atoms with E-state index >= 15 is 0 Å². The van der Waals surface area contributed by atoms with Gasteiger partial charge in [0.1, 0.15) is 0 Å². The van der Waals surface area contributed by atoms with E-state index in [1.165, 1.54) is 6.08 Å². The molecule has 0 radical (unpaired) electrons. The van der Waals surface area contributed by atoms with E-state index in [0.29, 0.717) is 18.0 Å². The summed E-state index contributed by atoms with van der Waals surface area (Å²) in [5, 5.41) is 2.85. The molecule has 0 bridgehead atoms. The SMILES string of the molecule is COc1cc(/C=C/C(=O)NCC2CCCO2)ccc1OC(C)C. The molecule has 0 aromatic heterocycles. The van der Waals surface area contributed by atoms with Gasteiger partial charge in [-0.2, -0.15) is 0 Å². The Kier molecular flexibility index (Phi) is 6.47. The summed E-state index contributed by atoms with van der Waals surface area (Å²) in [6, 6.07) is 5.59. The zero-order chi connectivity index (χ0) is 16.7. The van der Waals surface area contributed by atoms with Gasteiger partial charge >= 0.3 is 0 Å². The van der Waals surface area contributed by atoms with E-state index in [9.17, 15) is 4.79 Å². The molecule has 1 N–H and O–H groups in total. The molecule has 1 atom stereocenters. The molecule has 0 saturated carbocycles. The Morgan fingerprint density at radius 2 is 2.26 bits per heavy atom. The van der Waals surface area contributed by atoms with Crippen molar-refractivity contribution >= 4 is 12.0 Å². The van der Waals surface area contributed by atoms with Crippen LogP contribution in [-0.4, -0.2) is 38.4 Å². The van der Waals surface area contributed by atoms with Gasteiger partial charge in [-0.1, -0.05) is 6.07 Å². The second-order valence-electron chi connectivity index (χ2n) is 5.79. The molecule has 0 spiro atoms. The van der Waals surface area contributed by atoms with Crippen LogP contribution in [0.4, 0.5) is 0 Å². The molecule has 5 heteroatoms. The van der Waals surface area contributed by atoms with E-state index < -0.39 is 0 Å². The summed E-state index contributed by atoms with van der Waals surface area (Å²) in [6.45, 7) is 5.28. The summed E-state index contributed by atoms with van der Waals surface area (Å²) < 4.78 is 16.5. The molecular weight excluding hydrogens is 294 g/mol. The van der Waals surface area contributed by atoms with Gasteiger partial charge in [0.15, 0.2) is 11.5 Å². The third kappa shape index (κ3) is 5.60. The van der Waals surface area contributed by atoms with E-state index in [-0.39, 0.29) is 18.1 Å². The van der Waals surface area contributed by atoms with Crippen molar-refractivity contribution in [1.29, 1.82) is 0 Å². The van der Waals surface area contributed by atoms with Crippen LogP contribution in [0.3, 0.4) is 0 Å². The second-order valence-corrected chi connectivity index (χ2v) is 5.79. The van der Waals surface area contributed by atoms with Gasteiger partial charge in [0, 0.05) is 19.2 Å². The Balaban J connectivity index is 1.91. The maximum atomic E-state index is 11.8. The van der Waals surface area contributed by atoms with Crippen molar-refractivity contribution in [3.8, 4) is 11.5 Å². The minimum absolute atomic E-state index is 0.0777. The minimum Gasteiger partial charge on any atom is -0.493 e. The molecule has 1 fully saturated rings. The average molecular weight is 319 g/mol. The Morgan fingerprint density at radius 1 is 1.43 bits per heavy atom. The molecule has 1 aliphatic heterocycles. The molecule has 1 amide bonds. The summed E-state index contributed by atoms with van der Waals surface area (Å²) in [5.74, 6) is 1.23. The first-order chi connectivity index (χ1) is 11.1. The van der Waals surface area contributed by atoms with Crippen LogP contribution in [0.15, 0.2) is 24.3 Å². The fourth-order valence-corrected chi connectivity index (χ4v) is 2.39. The van der Waals surface area contributed by atoms with Gasteiger partial charge < -0.3 is 19.5 Å². The van der Waals surface area contributed by atoms with Gasteiger partial charge in [0.2, 0.25) is 5.91 Å². The fourth-order valence-electron chi connectivity index (χ4n) is 2.39. The largest absolute Gasteiger partial charge is 0.493 e. The Morgan fingerprint density at radius 3 is 2.91 bits per heavy atom. The van der Waals surface area contributed by atoms with Gasteiger partial charge in [0.05, 0.1) is 19.3 Å². The van der Waals surface area contributed by atoms with E-state index in [4.69, 9.17) is 14.2 Å². The van der Waals surface area contributed by atoms with Crippen molar-refractivity contribution in [2.45, 2.75) is 38.9 Å². The third-order valence-electron chi connectivity index (χ3n) is 3.51. The molecule has 1 saturated heterocycles. The first-order valence-electron chi connectivity index (χ1n) is 8.00. The van der Waals surface area contributed by atoms with Crippen LogP contribution in [0.25, 0.3) is 6.08 Å². The number of ether oxygens (including phenoxy) is 3. The minimum atomic E-state index is -0.123. The van der Waals surface area contributed by atoms with Crippen molar-refractivity contribution in [3.05, 3.63) is 29.8 Å². The molecule has 1 aromatic rings. The van der Waals surface area contributed by atoms with E-state index in [0.717, 1.165) is 25.0 Å². The first kappa shape index (κ1) is 17.3. The molecule has 1 heterocycles. The highest BCUT2D eigenvalue weighted by molar-refractivity contribution is 5.91. The highest BCUT2D eigenvalue weighted by Gasteiger charge is 2.15. The topological polar surface area (TPSA) is 56.8 Å². The summed E-state index contributed by atoms with van der Waals surface area (Å²) in [5.41, 5.74) is 0.880. The Bertz CT molecular complexity index is 548. The highest BCUT2D eigenvalue weighted by Crippen LogP contribution is 2.29. The van der Waals surface area contributed by atoms with Gasteiger partial charge in [-0.05, 0) is 50.5 Å². The predicted molar refractivity (Wildman–Crippen MR) is 89.8 cm³/mol. The Labute approximate surface area is 137 Å². The highest BCUT2D eigenvalue weighted by atomic mass is 16.5. The lowest BCUT2D eigenvalue weighted by Gasteiger charge is -2.13. The van der Waals surface area contributed by atoms with Crippen LogP contribution < -0.4 is 14.8 Å². The fraction of sp³-hybridized carbons (Fsp3) is 0.500. The van der Waals surface area contributed by atoms with Crippen LogP contribution >= 0.6 is 0 Å².